The monoisotopic (exact) mass is 276 g/mol. The predicted molar refractivity (Wildman–Crippen MR) is 68.1 cm³/mol. The van der Waals surface area contributed by atoms with Crippen LogP contribution in [-0.4, -0.2) is 34.1 Å². The summed E-state index contributed by atoms with van der Waals surface area (Å²) in [6.07, 6.45) is 1.08. The smallest absolute Gasteiger partial charge is 0.308 e. The minimum atomic E-state index is -0.889. The van der Waals surface area contributed by atoms with Crippen LogP contribution in [0.4, 0.5) is 11.5 Å². The van der Waals surface area contributed by atoms with E-state index in [2.05, 4.69) is 4.98 Å². The Hall–Kier alpha value is -2.69. The molecule has 1 fully saturated rings. The van der Waals surface area contributed by atoms with Gasteiger partial charge in [0.25, 0.3) is 5.69 Å². The maximum Gasteiger partial charge on any atom is 0.308 e. The van der Waals surface area contributed by atoms with Crippen LogP contribution in [0.2, 0.25) is 0 Å². The maximum atomic E-state index is 11.1. The minimum absolute atomic E-state index is 0.0731. The molecule has 0 bridgehead atoms. The quantitative estimate of drug-likeness (QED) is 0.646. The zero-order chi connectivity index (χ0) is 14.9. The van der Waals surface area contributed by atoms with E-state index < -0.39 is 16.8 Å². The summed E-state index contributed by atoms with van der Waals surface area (Å²) >= 11 is 0. The van der Waals surface area contributed by atoms with Gasteiger partial charge in [0.05, 0.1) is 10.8 Å². The third-order valence-electron chi connectivity index (χ3n) is 3.41. The lowest BCUT2D eigenvalue weighted by Gasteiger charge is -2.17. The second-order valence-corrected chi connectivity index (χ2v) is 4.76. The number of aromatic nitrogens is 1. The number of rotatable bonds is 3. The van der Waals surface area contributed by atoms with Gasteiger partial charge in [0.15, 0.2) is 0 Å². The number of nitro groups is 1. The van der Waals surface area contributed by atoms with Gasteiger partial charge in [-0.15, -0.1) is 0 Å². The summed E-state index contributed by atoms with van der Waals surface area (Å²) in [6.45, 7) is 2.52. The first-order valence-electron chi connectivity index (χ1n) is 5.96. The molecule has 0 unspecified atom stereocenters. The fourth-order valence-electron chi connectivity index (χ4n) is 2.34. The molecule has 104 valence electrons. The molecule has 8 nitrogen and oxygen atoms in total. The van der Waals surface area contributed by atoms with E-state index in [-0.39, 0.29) is 23.7 Å². The van der Waals surface area contributed by atoms with E-state index in [4.69, 9.17) is 10.4 Å². The normalized spacial score (nSPS) is 21.5. The molecule has 1 N–H and O–H groups in total. The Bertz CT molecular complexity index is 610. The van der Waals surface area contributed by atoms with Crippen molar-refractivity contribution in [3.8, 4) is 6.07 Å². The van der Waals surface area contributed by atoms with Gasteiger partial charge in [-0.3, -0.25) is 14.9 Å². The lowest BCUT2D eigenvalue weighted by molar-refractivity contribution is -0.385. The van der Waals surface area contributed by atoms with Crippen LogP contribution in [0.5, 0.6) is 0 Å². The van der Waals surface area contributed by atoms with Crippen molar-refractivity contribution in [1.29, 1.82) is 5.26 Å². The number of carboxylic acid groups (broad SMARTS) is 1. The molecular formula is C12H12N4O4. The largest absolute Gasteiger partial charge is 0.481 e. The van der Waals surface area contributed by atoms with Crippen LogP contribution in [0.1, 0.15) is 12.5 Å². The lowest BCUT2D eigenvalue weighted by atomic mass is 9.99. The van der Waals surface area contributed by atoms with E-state index in [0.717, 1.165) is 12.3 Å². The standard InChI is InChI=1S/C12H12N4O4/c1-7-5-15(6-10(7)12(17)18)11-8(3-13)2-9(4-14-11)16(19)20/h2,4,7,10H,5-6H2,1H3,(H,17,18)/t7-,10-/m1/s1. The summed E-state index contributed by atoms with van der Waals surface area (Å²) in [6, 6.07) is 3.02. The second-order valence-electron chi connectivity index (χ2n) is 4.76. The highest BCUT2D eigenvalue weighted by atomic mass is 16.6. The van der Waals surface area contributed by atoms with E-state index in [1.54, 1.807) is 4.90 Å². The first-order chi connectivity index (χ1) is 9.43. The number of pyridine rings is 1. The Morgan fingerprint density at radius 2 is 2.35 bits per heavy atom. The van der Waals surface area contributed by atoms with Crippen LogP contribution in [-0.2, 0) is 4.79 Å². The molecule has 1 aliphatic rings. The topological polar surface area (TPSA) is 120 Å². The van der Waals surface area contributed by atoms with E-state index in [1.165, 1.54) is 0 Å². The Balaban J connectivity index is 2.33. The van der Waals surface area contributed by atoms with Crippen molar-refractivity contribution in [1.82, 2.24) is 4.98 Å². The van der Waals surface area contributed by atoms with Gasteiger partial charge in [-0.2, -0.15) is 5.26 Å². The van der Waals surface area contributed by atoms with Gasteiger partial charge in [0.2, 0.25) is 0 Å². The van der Waals surface area contributed by atoms with Crippen molar-refractivity contribution < 1.29 is 14.8 Å². The number of nitriles is 1. The van der Waals surface area contributed by atoms with Crippen LogP contribution in [0.15, 0.2) is 12.3 Å². The van der Waals surface area contributed by atoms with Crippen LogP contribution in [0.25, 0.3) is 0 Å². The highest BCUT2D eigenvalue weighted by molar-refractivity contribution is 5.73. The minimum Gasteiger partial charge on any atom is -0.481 e. The molecule has 0 spiro atoms. The fraction of sp³-hybridized carbons (Fsp3) is 0.417. The Morgan fingerprint density at radius 1 is 1.65 bits per heavy atom. The summed E-state index contributed by atoms with van der Waals surface area (Å²) in [5.74, 6) is -1.19. The summed E-state index contributed by atoms with van der Waals surface area (Å²) in [7, 11) is 0. The third-order valence-corrected chi connectivity index (χ3v) is 3.41. The highest BCUT2D eigenvalue weighted by Crippen LogP contribution is 2.30. The third kappa shape index (κ3) is 2.38. The molecule has 0 saturated carbocycles. The molecule has 1 aliphatic heterocycles. The van der Waals surface area contributed by atoms with E-state index in [9.17, 15) is 14.9 Å². The van der Waals surface area contributed by atoms with Crippen LogP contribution in [0, 0.1) is 33.3 Å². The van der Waals surface area contributed by atoms with Gasteiger partial charge in [-0.1, -0.05) is 6.92 Å². The number of aliphatic carboxylic acids is 1. The number of carboxylic acids is 1. The molecule has 1 aromatic rings. The molecule has 2 heterocycles. The van der Waals surface area contributed by atoms with Gasteiger partial charge in [0, 0.05) is 19.2 Å². The highest BCUT2D eigenvalue weighted by Gasteiger charge is 2.36. The predicted octanol–water partition coefficient (Wildman–Crippen LogP) is 1.02. The molecule has 0 aromatic carbocycles. The lowest BCUT2D eigenvalue weighted by Crippen LogP contribution is -2.24. The molecule has 2 atom stereocenters. The zero-order valence-corrected chi connectivity index (χ0v) is 10.7. The Kier molecular flexibility index (Phi) is 3.52. The van der Waals surface area contributed by atoms with E-state index in [0.29, 0.717) is 12.4 Å². The molecule has 1 aromatic heterocycles. The van der Waals surface area contributed by atoms with Crippen LogP contribution < -0.4 is 4.90 Å². The molecule has 8 heteroatoms. The fourth-order valence-corrected chi connectivity index (χ4v) is 2.34. The molecular weight excluding hydrogens is 264 g/mol. The van der Waals surface area contributed by atoms with Crippen molar-refractivity contribution in [2.45, 2.75) is 6.92 Å². The maximum absolute atomic E-state index is 11.1. The SMILES string of the molecule is C[C@@H]1CN(c2ncc([N+](=O)[O-])cc2C#N)C[C@H]1C(=O)O. The van der Waals surface area contributed by atoms with Crippen molar-refractivity contribution >= 4 is 17.5 Å². The number of hydrogen-bond donors (Lipinski definition) is 1. The van der Waals surface area contributed by atoms with Crippen molar-refractivity contribution in [2.24, 2.45) is 11.8 Å². The summed E-state index contributed by atoms with van der Waals surface area (Å²) in [5, 5.41) is 28.8. The summed E-state index contributed by atoms with van der Waals surface area (Å²) < 4.78 is 0. The van der Waals surface area contributed by atoms with Gasteiger partial charge in [0.1, 0.15) is 23.6 Å². The molecule has 2 rings (SSSR count). The molecule has 0 amide bonds. The molecule has 0 aliphatic carbocycles. The molecule has 1 saturated heterocycles. The van der Waals surface area contributed by atoms with Gasteiger partial charge >= 0.3 is 5.97 Å². The first kappa shape index (κ1) is 13.7. The number of anilines is 1. The van der Waals surface area contributed by atoms with Gasteiger partial charge < -0.3 is 10.0 Å². The molecule has 20 heavy (non-hydrogen) atoms. The van der Waals surface area contributed by atoms with Crippen LogP contribution >= 0.6 is 0 Å². The Morgan fingerprint density at radius 3 is 2.85 bits per heavy atom. The second kappa shape index (κ2) is 5.13. The number of hydrogen-bond acceptors (Lipinski definition) is 6. The Labute approximate surface area is 114 Å². The van der Waals surface area contributed by atoms with Gasteiger partial charge in [-0.25, -0.2) is 4.98 Å². The average molecular weight is 276 g/mol. The summed E-state index contributed by atoms with van der Waals surface area (Å²) in [4.78, 5) is 26.8. The number of carbonyl (C=O) groups is 1. The first-order valence-corrected chi connectivity index (χ1v) is 5.96. The van der Waals surface area contributed by atoms with E-state index in [1.807, 2.05) is 13.0 Å². The summed E-state index contributed by atoms with van der Waals surface area (Å²) in [5.41, 5.74) is -0.176. The van der Waals surface area contributed by atoms with Crippen molar-refractivity contribution in [3.05, 3.63) is 27.9 Å². The van der Waals surface area contributed by atoms with Gasteiger partial charge in [-0.05, 0) is 5.92 Å². The number of nitrogens with zero attached hydrogens (tertiary/aromatic N) is 4. The van der Waals surface area contributed by atoms with Crippen molar-refractivity contribution in [3.63, 3.8) is 0 Å². The zero-order valence-electron chi connectivity index (χ0n) is 10.7. The average Bonchev–Trinajstić information content (AvgIpc) is 2.80. The van der Waals surface area contributed by atoms with Crippen LogP contribution in [0.3, 0.4) is 0 Å². The van der Waals surface area contributed by atoms with E-state index >= 15 is 0 Å². The molecule has 0 radical (unpaired) electrons. The van der Waals surface area contributed by atoms with Crippen molar-refractivity contribution in [2.75, 3.05) is 18.0 Å².